The molecule has 0 bridgehead atoms. The van der Waals surface area contributed by atoms with E-state index in [2.05, 4.69) is 17.1 Å². The van der Waals surface area contributed by atoms with Crippen LogP contribution in [0.15, 0.2) is 59.0 Å². The Hall–Kier alpha value is -3.09. The normalized spacial score (nSPS) is 12.0. The summed E-state index contributed by atoms with van der Waals surface area (Å²) in [6.07, 6.45) is -1.70. The molecule has 2 heterocycles. The number of rotatable bonds is 6. The minimum absolute atomic E-state index is 0.263. The van der Waals surface area contributed by atoms with E-state index < -0.39 is 11.7 Å². The van der Waals surface area contributed by atoms with Crippen LogP contribution in [0.3, 0.4) is 0 Å². The second-order valence-corrected chi connectivity index (χ2v) is 6.98. The molecule has 2 aromatic heterocycles. The molecule has 4 nitrogen and oxygen atoms in total. The van der Waals surface area contributed by atoms with Crippen LogP contribution < -0.4 is 0 Å². The lowest BCUT2D eigenvalue weighted by molar-refractivity contribution is -0.137. The quantitative estimate of drug-likeness (QED) is 0.393. The van der Waals surface area contributed by atoms with Gasteiger partial charge in [0.05, 0.1) is 5.56 Å². The topological polar surface area (TPSA) is 43.9 Å². The van der Waals surface area contributed by atoms with Gasteiger partial charge in [-0.05, 0) is 36.2 Å². The molecule has 0 saturated heterocycles. The number of alkyl halides is 3. The molecule has 4 aromatic rings. The fraction of sp³-hybridized carbons (Fsp3) is 0.273. The van der Waals surface area contributed by atoms with Gasteiger partial charge in [0.1, 0.15) is 5.69 Å². The summed E-state index contributed by atoms with van der Waals surface area (Å²) in [6.45, 7) is 2.35. The number of nitrogens with zero attached hydrogens (tertiary/aromatic N) is 3. The number of unbranched alkanes of at least 4 members (excludes halogenated alkanes) is 1. The summed E-state index contributed by atoms with van der Waals surface area (Å²) < 4.78 is 47.1. The van der Waals surface area contributed by atoms with E-state index in [-0.39, 0.29) is 6.54 Å². The molecule has 0 N–H and O–H groups in total. The SMILES string of the molecule is CCCCc1nnc(-c2cc3ccccc3n2Cc2cccc(C(F)(F)F)c2)o1. The molecule has 0 spiro atoms. The molecule has 0 saturated carbocycles. The largest absolute Gasteiger partial charge is 0.419 e. The number of hydrogen-bond acceptors (Lipinski definition) is 3. The molecule has 0 fully saturated rings. The van der Waals surface area contributed by atoms with E-state index in [0.717, 1.165) is 29.8 Å². The molecule has 0 aliphatic rings. The summed E-state index contributed by atoms with van der Waals surface area (Å²) in [4.78, 5) is 0. The summed E-state index contributed by atoms with van der Waals surface area (Å²) in [7, 11) is 0. The first-order valence-corrected chi connectivity index (χ1v) is 9.53. The molecule has 2 aromatic carbocycles. The van der Waals surface area contributed by atoms with Crippen molar-refractivity contribution in [1.29, 1.82) is 0 Å². The van der Waals surface area contributed by atoms with E-state index in [1.165, 1.54) is 12.1 Å². The summed E-state index contributed by atoms with van der Waals surface area (Å²) in [6, 6.07) is 15.0. The van der Waals surface area contributed by atoms with Crippen molar-refractivity contribution in [3.63, 3.8) is 0 Å². The Morgan fingerprint density at radius 3 is 2.62 bits per heavy atom. The molecule has 0 aliphatic heterocycles. The smallest absolute Gasteiger partial charge is 0.416 e. The van der Waals surface area contributed by atoms with Crippen molar-refractivity contribution in [3.8, 4) is 11.6 Å². The van der Waals surface area contributed by atoms with Crippen molar-refractivity contribution >= 4 is 10.9 Å². The number of aromatic nitrogens is 3. The highest BCUT2D eigenvalue weighted by molar-refractivity contribution is 5.85. The van der Waals surface area contributed by atoms with Crippen LogP contribution in [-0.2, 0) is 19.1 Å². The van der Waals surface area contributed by atoms with Crippen LogP contribution in [0.4, 0.5) is 13.2 Å². The highest BCUT2D eigenvalue weighted by Gasteiger charge is 2.30. The van der Waals surface area contributed by atoms with Crippen molar-refractivity contribution in [2.75, 3.05) is 0 Å². The third-order valence-electron chi connectivity index (χ3n) is 4.84. The maximum atomic E-state index is 13.1. The maximum absolute atomic E-state index is 13.1. The van der Waals surface area contributed by atoms with Gasteiger partial charge in [-0.2, -0.15) is 13.2 Å². The highest BCUT2D eigenvalue weighted by atomic mass is 19.4. The summed E-state index contributed by atoms with van der Waals surface area (Å²) in [5, 5.41) is 9.25. The third-order valence-corrected chi connectivity index (χ3v) is 4.84. The van der Waals surface area contributed by atoms with E-state index in [1.54, 1.807) is 6.07 Å². The Labute approximate surface area is 166 Å². The molecule has 150 valence electrons. The Bertz CT molecular complexity index is 1130. The van der Waals surface area contributed by atoms with Gasteiger partial charge in [-0.3, -0.25) is 0 Å². The van der Waals surface area contributed by atoms with E-state index in [9.17, 15) is 13.2 Å². The third kappa shape index (κ3) is 4.04. The van der Waals surface area contributed by atoms with Gasteiger partial charge in [0, 0.05) is 23.9 Å². The molecule has 0 unspecified atom stereocenters. The monoisotopic (exact) mass is 399 g/mol. The van der Waals surface area contributed by atoms with Gasteiger partial charge >= 0.3 is 6.18 Å². The molecule has 29 heavy (non-hydrogen) atoms. The first kappa shape index (κ1) is 19.2. The second kappa shape index (κ2) is 7.73. The number of para-hydroxylation sites is 1. The Morgan fingerprint density at radius 2 is 1.83 bits per heavy atom. The van der Waals surface area contributed by atoms with Gasteiger partial charge in [0.15, 0.2) is 0 Å². The van der Waals surface area contributed by atoms with Crippen LogP contribution in [0.1, 0.15) is 36.8 Å². The van der Waals surface area contributed by atoms with E-state index >= 15 is 0 Å². The predicted octanol–water partition coefficient (Wildman–Crippen LogP) is 6.10. The Morgan fingerprint density at radius 1 is 1.00 bits per heavy atom. The van der Waals surface area contributed by atoms with Crippen molar-refractivity contribution in [2.45, 2.75) is 38.9 Å². The van der Waals surface area contributed by atoms with E-state index in [4.69, 9.17) is 4.42 Å². The number of halogens is 3. The van der Waals surface area contributed by atoms with Gasteiger partial charge in [-0.1, -0.05) is 43.7 Å². The van der Waals surface area contributed by atoms with E-state index in [0.29, 0.717) is 29.5 Å². The fourth-order valence-electron chi connectivity index (χ4n) is 3.37. The number of aryl methyl sites for hydroxylation is 1. The fourth-order valence-corrected chi connectivity index (χ4v) is 3.37. The van der Waals surface area contributed by atoms with Gasteiger partial charge in [-0.25, -0.2) is 0 Å². The van der Waals surface area contributed by atoms with Crippen molar-refractivity contribution in [1.82, 2.24) is 14.8 Å². The minimum Gasteiger partial charge on any atom is -0.419 e. The number of benzene rings is 2. The number of hydrogen-bond donors (Lipinski definition) is 0. The molecular weight excluding hydrogens is 379 g/mol. The summed E-state index contributed by atoms with van der Waals surface area (Å²) in [5.74, 6) is 0.942. The zero-order valence-electron chi connectivity index (χ0n) is 15.9. The van der Waals surface area contributed by atoms with Crippen LogP contribution in [0.5, 0.6) is 0 Å². The summed E-state index contributed by atoms with van der Waals surface area (Å²) >= 11 is 0. The zero-order chi connectivity index (χ0) is 20.4. The average Bonchev–Trinajstić information content (AvgIpc) is 3.31. The molecule has 0 atom stereocenters. The van der Waals surface area contributed by atoms with Gasteiger partial charge in [0.25, 0.3) is 5.89 Å². The standard InChI is InChI=1S/C22H20F3N3O/c1-2-3-11-20-26-27-21(29-20)19-13-16-8-4-5-10-18(16)28(19)14-15-7-6-9-17(12-15)22(23,24)25/h4-10,12-13H,2-3,11,14H2,1H3. The zero-order valence-corrected chi connectivity index (χ0v) is 15.9. The van der Waals surface area contributed by atoms with Crippen LogP contribution >= 0.6 is 0 Å². The van der Waals surface area contributed by atoms with Crippen molar-refractivity contribution < 1.29 is 17.6 Å². The van der Waals surface area contributed by atoms with Crippen LogP contribution in [0.25, 0.3) is 22.5 Å². The summed E-state index contributed by atoms with van der Waals surface area (Å²) in [5.41, 5.74) is 1.48. The highest BCUT2D eigenvalue weighted by Crippen LogP contribution is 2.32. The first-order chi connectivity index (χ1) is 14.0. The minimum atomic E-state index is -4.38. The van der Waals surface area contributed by atoms with Crippen molar-refractivity contribution in [3.05, 3.63) is 71.6 Å². The van der Waals surface area contributed by atoms with Gasteiger partial charge in [-0.15, -0.1) is 10.2 Å². The molecule has 0 radical (unpaired) electrons. The predicted molar refractivity (Wildman–Crippen MR) is 104 cm³/mol. The first-order valence-electron chi connectivity index (χ1n) is 9.53. The van der Waals surface area contributed by atoms with E-state index in [1.807, 2.05) is 34.9 Å². The molecule has 0 aliphatic carbocycles. The lowest BCUT2D eigenvalue weighted by Gasteiger charge is -2.12. The van der Waals surface area contributed by atoms with Crippen LogP contribution in [0.2, 0.25) is 0 Å². The Kier molecular flexibility index (Phi) is 5.13. The van der Waals surface area contributed by atoms with Gasteiger partial charge in [0.2, 0.25) is 5.89 Å². The second-order valence-electron chi connectivity index (χ2n) is 6.98. The Balaban J connectivity index is 1.76. The lowest BCUT2D eigenvalue weighted by atomic mass is 10.1. The van der Waals surface area contributed by atoms with Crippen LogP contribution in [0, 0.1) is 0 Å². The number of fused-ring (bicyclic) bond motifs is 1. The lowest BCUT2D eigenvalue weighted by Crippen LogP contribution is -2.07. The molecule has 7 heteroatoms. The van der Waals surface area contributed by atoms with Gasteiger partial charge < -0.3 is 8.98 Å². The molecule has 4 rings (SSSR count). The molecule has 0 amide bonds. The average molecular weight is 399 g/mol. The molecular formula is C22H20F3N3O. The van der Waals surface area contributed by atoms with Crippen LogP contribution in [-0.4, -0.2) is 14.8 Å². The van der Waals surface area contributed by atoms with Crippen molar-refractivity contribution in [2.24, 2.45) is 0 Å². The maximum Gasteiger partial charge on any atom is 0.416 e.